The predicted octanol–water partition coefficient (Wildman–Crippen LogP) is 0.744. The molecule has 4 heteroatoms. The Hall–Kier alpha value is -1.26. The standard InChI is InChI=1S/C9H13NO3/c1-13-5-7(10)6-3-2-4-8(11)9(6)12/h2-4,7,11-12H,5,10H2,1H3/t7-/m0/s1. The summed E-state index contributed by atoms with van der Waals surface area (Å²) < 4.78 is 4.84. The van der Waals surface area contributed by atoms with Crippen molar-refractivity contribution in [2.45, 2.75) is 6.04 Å². The molecular formula is C9H13NO3. The molecule has 0 aliphatic heterocycles. The molecule has 1 aromatic rings. The smallest absolute Gasteiger partial charge is 0.162 e. The van der Waals surface area contributed by atoms with E-state index < -0.39 is 6.04 Å². The van der Waals surface area contributed by atoms with Crippen LogP contribution in [0.2, 0.25) is 0 Å². The minimum absolute atomic E-state index is 0.163. The van der Waals surface area contributed by atoms with E-state index in [0.29, 0.717) is 12.2 Å². The van der Waals surface area contributed by atoms with Gasteiger partial charge in [-0.1, -0.05) is 12.1 Å². The highest BCUT2D eigenvalue weighted by atomic mass is 16.5. The van der Waals surface area contributed by atoms with Crippen LogP contribution in [0.1, 0.15) is 11.6 Å². The zero-order valence-electron chi connectivity index (χ0n) is 7.40. The maximum atomic E-state index is 9.41. The third-order valence-electron chi connectivity index (χ3n) is 1.79. The van der Waals surface area contributed by atoms with Crippen LogP contribution in [0.15, 0.2) is 18.2 Å². The van der Waals surface area contributed by atoms with Gasteiger partial charge in [0.1, 0.15) is 0 Å². The fourth-order valence-electron chi connectivity index (χ4n) is 1.12. The van der Waals surface area contributed by atoms with Crippen LogP contribution in [-0.4, -0.2) is 23.9 Å². The van der Waals surface area contributed by atoms with E-state index in [4.69, 9.17) is 10.5 Å². The Balaban J connectivity index is 2.93. The molecule has 0 unspecified atom stereocenters. The van der Waals surface area contributed by atoms with Gasteiger partial charge in [0.25, 0.3) is 0 Å². The molecule has 0 amide bonds. The highest BCUT2D eigenvalue weighted by molar-refractivity contribution is 5.45. The molecule has 0 heterocycles. The lowest BCUT2D eigenvalue weighted by molar-refractivity contribution is 0.179. The number of aromatic hydroxyl groups is 2. The molecule has 4 N–H and O–H groups in total. The van der Waals surface area contributed by atoms with Gasteiger partial charge in [0, 0.05) is 12.7 Å². The average Bonchev–Trinajstić information content (AvgIpc) is 2.10. The molecule has 1 aromatic carbocycles. The summed E-state index contributed by atoms with van der Waals surface area (Å²) in [6.07, 6.45) is 0. The van der Waals surface area contributed by atoms with Crippen molar-refractivity contribution >= 4 is 0 Å². The molecule has 72 valence electrons. The van der Waals surface area contributed by atoms with Gasteiger partial charge in [0.05, 0.1) is 12.6 Å². The molecule has 0 spiro atoms. The topological polar surface area (TPSA) is 75.7 Å². The summed E-state index contributed by atoms with van der Waals surface area (Å²) in [6, 6.07) is 4.26. The first-order chi connectivity index (χ1) is 6.16. The number of phenolic OH excluding ortho intramolecular Hbond substituents is 2. The van der Waals surface area contributed by atoms with Crippen LogP contribution in [0.3, 0.4) is 0 Å². The van der Waals surface area contributed by atoms with E-state index in [2.05, 4.69) is 0 Å². The largest absolute Gasteiger partial charge is 0.504 e. The van der Waals surface area contributed by atoms with Gasteiger partial charge in [0.15, 0.2) is 11.5 Å². The lowest BCUT2D eigenvalue weighted by atomic mass is 10.1. The molecular weight excluding hydrogens is 170 g/mol. The Bertz CT molecular complexity index is 288. The number of para-hydroxylation sites is 1. The summed E-state index contributed by atoms with van der Waals surface area (Å²) in [7, 11) is 1.53. The van der Waals surface area contributed by atoms with Crippen molar-refractivity contribution in [3.8, 4) is 11.5 Å². The van der Waals surface area contributed by atoms with Crippen LogP contribution in [0, 0.1) is 0 Å². The van der Waals surface area contributed by atoms with Crippen molar-refractivity contribution in [3.63, 3.8) is 0 Å². The van der Waals surface area contributed by atoms with Crippen LogP contribution in [0.25, 0.3) is 0 Å². The first-order valence-electron chi connectivity index (χ1n) is 3.92. The molecule has 0 saturated carbocycles. The lowest BCUT2D eigenvalue weighted by Gasteiger charge is -2.12. The number of hydrogen-bond acceptors (Lipinski definition) is 4. The lowest BCUT2D eigenvalue weighted by Crippen LogP contribution is -2.16. The second-order valence-corrected chi connectivity index (χ2v) is 2.78. The third kappa shape index (κ3) is 2.11. The number of rotatable bonds is 3. The molecule has 0 bridgehead atoms. The molecule has 0 aliphatic carbocycles. The quantitative estimate of drug-likeness (QED) is 0.604. The summed E-state index contributed by atoms with van der Waals surface area (Å²) >= 11 is 0. The second kappa shape index (κ2) is 4.11. The molecule has 1 atom stereocenters. The van der Waals surface area contributed by atoms with Gasteiger partial charge in [-0.2, -0.15) is 0 Å². The van der Waals surface area contributed by atoms with Gasteiger partial charge in [-0.3, -0.25) is 0 Å². The van der Waals surface area contributed by atoms with Crippen molar-refractivity contribution < 1.29 is 14.9 Å². The molecule has 4 nitrogen and oxygen atoms in total. The minimum Gasteiger partial charge on any atom is -0.504 e. The molecule has 1 rings (SSSR count). The van der Waals surface area contributed by atoms with Gasteiger partial charge >= 0.3 is 0 Å². The average molecular weight is 183 g/mol. The molecule has 0 aliphatic rings. The molecule has 0 fully saturated rings. The Labute approximate surface area is 76.6 Å². The Morgan fingerprint density at radius 1 is 1.46 bits per heavy atom. The second-order valence-electron chi connectivity index (χ2n) is 2.78. The van der Waals surface area contributed by atoms with Crippen molar-refractivity contribution in [2.24, 2.45) is 5.73 Å². The van der Waals surface area contributed by atoms with E-state index in [1.54, 1.807) is 12.1 Å². The summed E-state index contributed by atoms with van der Waals surface area (Å²) in [4.78, 5) is 0. The molecule has 13 heavy (non-hydrogen) atoms. The predicted molar refractivity (Wildman–Crippen MR) is 48.6 cm³/mol. The molecule has 0 aromatic heterocycles. The Kier molecular flexibility index (Phi) is 3.11. The fourth-order valence-corrected chi connectivity index (χ4v) is 1.12. The van der Waals surface area contributed by atoms with Crippen LogP contribution in [0.5, 0.6) is 11.5 Å². The first-order valence-corrected chi connectivity index (χ1v) is 3.92. The van der Waals surface area contributed by atoms with Crippen molar-refractivity contribution in [1.82, 2.24) is 0 Å². The monoisotopic (exact) mass is 183 g/mol. The van der Waals surface area contributed by atoms with Gasteiger partial charge in [-0.25, -0.2) is 0 Å². The Morgan fingerprint density at radius 2 is 2.15 bits per heavy atom. The van der Waals surface area contributed by atoms with E-state index in [0.717, 1.165) is 0 Å². The van der Waals surface area contributed by atoms with E-state index in [1.165, 1.54) is 13.2 Å². The highest BCUT2D eigenvalue weighted by Gasteiger charge is 2.12. The van der Waals surface area contributed by atoms with Crippen molar-refractivity contribution in [1.29, 1.82) is 0 Å². The van der Waals surface area contributed by atoms with Gasteiger partial charge in [0.2, 0.25) is 0 Å². The number of phenols is 2. The SMILES string of the molecule is COC[C@H](N)c1cccc(O)c1O. The van der Waals surface area contributed by atoms with Crippen LogP contribution < -0.4 is 5.73 Å². The van der Waals surface area contributed by atoms with E-state index in [-0.39, 0.29) is 11.5 Å². The number of nitrogens with two attached hydrogens (primary N) is 1. The van der Waals surface area contributed by atoms with Crippen LogP contribution in [0.4, 0.5) is 0 Å². The number of ether oxygens (including phenoxy) is 1. The van der Waals surface area contributed by atoms with Crippen molar-refractivity contribution in [3.05, 3.63) is 23.8 Å². The van der Waals surface area contributed by atoms with E-state index in [9.17, 15) is 10.2 Å². The van der Waals surface area contributed by atoms with Crippen LogP contribution >= 0.6 is 0 Å². The van der Waals surface area contributed by atoms with Gasteiger partial charge in [-0.05, 0) is 6.07 Å². The van der Waals surface area contributed by atoms with Gasteiger partial charge < -0.3 is 20.7 Å². The molecule has 0 saturated heterocycles. The highest BCUT2D eigenvalue weighted by Crippen LogP contribution is 2.31. The fraction of sp³-hybridized carbons (Fsp3) is 0.333. The Morgan fingerprint density at radius 3 is 2.77 bits per heavy atom. The summed E-state index contributed by atoms with van der Waals surface area (Å²) in [6.45, 7) is 0.303. The van der Waals surface area contributed by atoms with E-state index in [1.807, 2.05) is 0 Å². The number of hydrogen-bond donors (Lipinski definition) is 3. The minimum atomic E-state index is -0.419. The van der Waals surface area contributed by atoms with Crippen molar-refractivity contribution in [2.75, 3.05) is 13.7 Å². The van der Waals surface area contributed by atoms with Gasteiger partial charge in [-0.15, -0.1) is 0 Å². The summed E-state index contributed by atoms with van der Waals surface area (Å²) in [5, 5.41) is 18.6. The normalized spacial score (nSPS) is 12.8. The van der Waals surface area contributed by atoms with Crippen LogP contribution in [-0.2, 0) is 4.74 Å². The summed E-state index contributed by atoms with van der Waals surface area (Å²) in [5.41, 5.74) is 6.17. The number of benzene rings is 1. The maximum absolute atomic E-state index is 9.41. The first kappa shape index (κ1) is 9.83. The van der Waals surface area contributed by atoms with E-state index >= 15 is 0 Å². The zero-order valence-corrected chi connectivity index (χ0v) is 7.40. The zero-order chi connectivity index (χ0) is 9.84. The molecule has 0 radical (unpaired) electrons. The maximum Gasteiger partial charge on any atom is 0.162 e. The summed E-state index contributed by atoms with van der Waals surface area (Å²) in [5.74, 6) is -0.337. The third-order valence-corrected chi connectivity index (χ3v) is 1.79. The number of methoxy groups -OCH3 is 1.